The van der Waals surface area contributed by atoms with Crippen molar-refractivity contribution in [2.45, 2.75) is 242 Å². The van der Waals surface area contributed by atoms with Crippen molar-refractivity contribution in [2.75, 3.05) is 26.4 Å². The number of rotatable bonds is 36. The summed E-state index contributed by atoms with van der Waals surface area (Å²) in [5.74, 6) is -0.927. The van der Waals surface area contributed by atoms with Gasteiger partial charge >= 0.3 is 11.9 Å². The van der Waals surface area contributed by atoms with Gasteiger partial charge in [0.15, 0.2) is 18.7 Å². The number of aliphatic hydroxyl groups is 7. The summed E-state index contributed by atoms with van der Waals surface area (Å²) >= 11 is 0. The second-order valence-electron chi connectivity index (χ2n) is 16.9. The number of hydrogen-bond donors (Lipinski definition) is 7. The molecule has 0 amide bonds. The molecule has 0 aromatic rings. The first-order valence-corrected chi connectivity index (χ1v) is 23.8. The van der Waals surface area contributed by atoms with Crippen LogP contribution in [0.5, 0.6) is 0 Å². The van der Waals surface area contributed by atoms with Crippen LogP contribution in [0.1, 0.15) is 174 Å². The summed E-state index contributed by atoms with van der Waals surface area (Å²) in [4.78, 5) is 25.6. The van der Waals surface area contributed by atoms with Gasteiger partial charge in [0.2, 0.25) is 0 Å². The van der Waals surface area contributed by atoms with Gasteiger partial charge in [-0.25, -0.2) is 0 Å². The van der Waals surface area contributed by atoms with Gasteiger partial charge in [-0.2, -0.15) is 0 Å². The van der Waals surface area contributed by atoms with Gasteiger partial charge in [-0.1, -0.05) is 135 Å². The van der Waals surface area contributed by atoms with E-state index in [0.29, 0.717) is 12.8 Å². The van der Waals surface area contributed by atoms with Gasteiger partial charge in [0.25, 0.3) is 0 Å². The molecule has 358 valence electrons. The van der Waals surface area contributed by atoms with Crippen molar-refractivity contribution >= 4 is 11.9 Å². The Morgan fingerprint density at radius 3 is 1.46 bits per heavy atom. The second kappa shape index (κ2) is 34.6. The van der Waals surface area contributed by atoms with Crippen LogP contribution < -0.4 is 0 Å². The van der Waals surface area contributed by atoms with E-state index in [2.05, 4.69) is 26.0 Å². The molecule has 15 heteroatoms. The van der Waals surface area contributed by atoms with Crippen molar-refractivity contribution in [3.8, 4) is 0 Å². The van der Waals surface area contributed by atoms with Crippen LogP contribution in [0.15, 0.2) is 12.2 Å². The summed E-state index contributed by atoms with van der Waals surface area (Å²) in [5.41, 5.74) is 0. The van der Waals surface area contributed by atoms with E-state index < -0.39 is 92.7 Å². The van der Waals surface area contributed by atoms with E-state index in [9.17, 15) is 45.3 Å². The van der Waals surface area contributed by atoms with E-state index in [0.717, 1.165) is 51.4 Å². The lowest BCUT2D eigenvalue weighted by Gasteiger charge is -2.42. The first kappa shape index (κ1) is 55.4. The molecule has 0 spiro atoms. The molecule has 0 bridgehead atoms. The minimum absolute atomic E-state index is 0.164. The summed E-state index contributed by atoms with van der Waals surface area (Å²) in [7, 11) is 0. The third-order valence-corrected chi connectivity index (χ3v) is 11.5. The zero-order valence-electron chi connectivity index (χ0n) is 37.4. The highest BCUT2D eigenvalue weighted by Gasteiger charge is 2.47. The SMILES string of the molecule is CCCCCC/C=C/CCCCCCCCCC(=O)O[C@H](COC(=O)CCCCCCCCCCCC)CO[C@@H]1O[C@H](CO[C@@H]2O[C@H](CO)[C@H](O)C(O)C2O)[C@H](O)C(O)C1O. The van der Waals surface area contributed by atoms with Crippen molar-refractivity contribution in [1.82, 2.24) is 0 Å². The van der Waals surface area contributed by atoms with Crippen LogP contribution >= 0.6 is 0 Å². The number of aliphatic hydroxyl groups excluding tert-OH is 7. The van der Waals surface area contributed by atoms with Crippen molar-refractivity contribution in [3.05, 3.63) is 12.2 Å². The Morgan fingerprint density at radius 1 is 0.508 bits per heavy atom. The molecule has 7 N–H and O–H groups in total. The standard InChI is InChI=1S/C46H84O15/c1-3-5-7-9-11-13-15-16-17-18-19-21-23-25-27-29-38(49)59-34(31-56-37(48)28-26-24-22-20-14-12-10-8-6-4-2)32-57-45-44(55)42(53)40(51)36(61-45)33-58-46-43(54)41(52)39(50)35(30-47)60-46/h13,15,34-36,39-47,50-55H,3-12,14,16-33H2,1-2H3/b15-13+/t34-,35-,36-,39+,40+,41?,42?,43?,44?,45-,46-/m1/s1. The molecule has 0 aromatic heterocycles. The average Bonchev–Trinajstić information content (AvgIpc) is 3.25. The fourth-order valence-corrected chi connectivity index (χ4v) is 7.50. The number of carbonyl (C=O) groups excluding carboxylic acids is 2. The van der Waals surface area contributed by atoms with E-state index in [-0.39, 0.29) is 26.1 Å². The summed E-state index contributed by atoms with van der Waals surface area (Å²) in [5, 5.41) is 71.9. The molecule has 2 aliphatic rings. The fourth-order valence-electron chi connectivity index (χ4n) is 7.50. The van der Waals surface area contributed by atoms with Crippen LogP contribution in [0.3, 0.4) is 0 Å². The van der Waals surface area contributed by atoms with Crippen molar-refractivity contribution in [3.63, 3.8) is 0 Å². The summed E-state index contributed by atoms with van der Waals surface area (Å²) in [6, 6.07) is 0. The maximum atomic E-state index is 12.9. The number of hydrogen-bond acceptors (Lipinski definition) is 15. The third kappa shape index (κ3) is 23.7. The molecule has 61 heavy (non-hydrogen) atoms. The fraction of sp³-hybridized carbons (Fsp3) is 0.913. The minimum atomic E-state index is -1.76. The number of carbonyl (C=O) groups is 2. The Morgan fingerprint density at radius 2 is 0.934 bits per heavy atom. The van der Waals surface area contributed by atoms with Gasteiger partial charge in [0.05, 0.1) is 19.8 Å². The van der Waals surface area contributed by atoms with Crippen LogP contribution in [0.4, 0.5) is 0 Å². The van der Waals surface area contributed by atoms with Gasteiger partial charge in [0, 0.05) is 12.8 Å². The zero-order chi connectivity index (χ0) is 44.7. The second-order valence-corrected chi connectivity index (χ2v) is 16.9. The molecule has 2 fully saturated rings. The number of unbranched alkanes of at least 4 members (excludes halogenated alkanes) is 20. The molecule has 2 aliphatic heterocycles. The predicted octanol–water partition coefficient (Wildman–Crippen LogP) is 5.43. The lowest BCUT2D eigenvalue weighted by molar-refractivity contribution is -0.332. The quantitative estimate of drug-likeness (QED) is 0.0236. The molecule has 2 rings (SSSR count). The first-order chi connectivity index (χ1) is 29.5. The average molecular weight is 877 g/mol. The van der Waals surface area contributed by atoms with Gasteiger partial charge < -0.3 is 64.2 Å². The summed E-state index contributed by atoms with van der Waals surface area (Å²) in [6.07, 6.45) is 14.0. The molecule has 0 radical (unpaired) electrons. The molecule has 2 heterocycles. The molecular weight excluding hydrogens is 792 g/mol. The van der Waals surface area contributed by atoms with Gasteiger partial charge in [-0.3, -0.25) is 9.59 Å². The van der Waals surface area contributed by atoms with E-state index >= 15 is 0 Å². The number of allylic oxidation sites excluding steroid dienone is 2. The highest BCUT2D eigenvalue weighted by molar-refractivity contribution is 5.70. The molecule has 4 unspecified atom stereocenters. The van der Waals surface area contributed by atoms with E-state index in [1.54, 1.807) is 0 Å². The largest absolute Gasteiger partial charge is 0.462 e. The Balaban J connectivity index is 1.84. The van der Waals surface area contributed by atoms with Crippen LogP contribution in [0.25, 0.3) is 0 Å². The Hall–Kier alpha value is -1.76. The molecule has 15 nitrogen and oxygen atoms in total. The van der Waals surface area contributed by atoms with Crippen molar-refractivity contribution in [1.29, 1.82) is 0 Å². The number of ether oxygens (including phenoxy) is 6. The lowest BCUT2D eigenvalue weighted by atomic mass is 9.98. The van der Waals surface area contributed by atoms with Crippen LogP contribution in [-0.2, 0) is 38.0 Å². The summed E-state index contributed by atoms with van der Waals surface area (Å²) in [6.45, 7) is 2.55. The molecule has 0 aliphatic carbocycles. The highest BCUT2D eigenvalue weighted by Crippen LogP contribution is 2.26. The maximum absolute atomic E-state index is 12.9. The highest BCUT2D eigenvalue weighted by atomic mass is 16.7. The molecule has 0 saturated carbocycles. The third-order valence-electron chi connectivity index (χ3n) is 11.5. The molecule has 2 saturated heterocycles. The number of esters is 2. The van der Waals surface area contributed by atoms with Crippen molar-refractivity contribution < 1.29 is 73.8 Å². The monoisotopic (exact) mass is 877 g/mol. The predicted molar refractivity (Wildman–Crippen MR) is 229 cm³/mol. The van der Waals surface area contributed by atoms with Crippen LogP contribution in [0, 0.1) is 0 Å². The molecular formula is C46H84O15. The maximum Gasteiger partial charge on any atom is 0.306 e. The van der Waals surface area contributed by atoms with Crippen LogP contribution in [0.2, 0.25) is 0 Å². The Labute approximate surface area is 365 Å². The Kier molecular flexibility index (Phi) is 31.4. The smallest absolute Gasteiger partial charge is 0.306 e. The normalized spacial score (nSPS) is 27.4. The molecule has 0 aromatic carbocycles. The van der Waals surface area contributed by atoms with Crippen LogP contribution in [-0.4, -0.2) is 142 Å². The Bertz CT molecular complexity index is 1120. The minimum Gasteiger partial charge on any atom is -0.462 e. The first-order valence-electron chi connectivity index (χ1n) is 23.8. The van der Waals surface area contributed by atoms with E-state index in [1.165, 1.54) is 83.5 Å². The van der Waals surface area contributed by atoms with E-state index in [4.69, 9.17) is 28.4 Å². The van der Waals surface area contributed by atoms with Crippen molar-refractivity contribution in [2.24, 2.45) is 0 Å². The van der Waals surface area contributed by atoms with Gasteiger partial charge in [-0.15, -0.1) is 0 Å². The van der Waals surface area contributed by atoms with Gasteiger partial charge in [0.1, 0.15) is 55.4 Å². The van der Waals surface area contributed by atoms with E-state index in [1.807, 2.05) is 0 Å². The van der Waals surface area contributed by atoms with Gasteiger partial charge in [-0.05, 0) is 38.5 Å². The topological polar surface area (TPSA) is 231 Å². The summed E-state index contributed by atoms with van der Waals surface area (Å²) < 4.78 is 33.5. The molecule has 11 atom stereocenters. The lowest BCUT2D eigenvalue weighted by Crippen LogP contribution is -2.61. The zero-order valence-corrected chi connectivity index (χ0v) is 37.4.